The maximum absolute atomic E-state index is 12.2. The summed E-state index contributed by atoms with van der Waals surface area (Å²) < 4.78 is 4.97. The lowest BCUT2D eigenvalue weighted by molar-refractivity contribution is -0.125. The van der Waals surface area contributed by atoms with Crippen LogP contribution in [-0.2, 0) is 9.53 Å². The summed E-state index contributed by atoms with van der Waals surface area (Å²) in [6, 6.07) is 3.56. The predicted molar refractivity (Wildman–Crippen MR) is 81.5 cm³/mol. The molecule has 2 rings (SSSR count). The van der Waals surface area contributed by atoms with Crippen LogP contribution in [0.4, 0.5) is 5.82 Å². The fourth-order valence-electron chi connectivity index (χ4n) is 2.45. The Labute approximate surface area is 129 Å². The number of hydrogen-bond acceptors (Lipinski definition) is 5. The van der Waals surface area contributed by atoms with Crippen molar-refractivity contribution in [1.82, 2.24) is 15.5 Å². The Morgan fingerprint density at radius 2 is 2.38 bits per heavy atom. The van der Waals surface area contributed by atoms with Gasteiger partial charge in [-0.2, -0.15) is 0 Å². The van der Waals surface area contributed by atoms with Crippen LogP contribution in [-0.4, -0.2) is 49.5 Å². The van der Waals surface area contributed by atoms with Gasteiger partial charge in [0.1, 0.15) is 0 Å². The number of amides is 1. The lowest BCUT2D eigenvalue weighted by atomic mass is 9.97. The number of rotatable bonds is 6. The molecule has 1 atom stereocenters. The first kappa shape index (κ1) is 16.0. The largest absolute Gasteiger partial charge is 0.385 e. The summed E-state index contributed by atoms with van der Waals surface area (Å²) in [7, 11) is 1.66. The Hall–Kier alpha value is -1.40. The summed E-state index contributed by atoms with van der Waals surface area (Å²) in [5.74, 6) is 0.882. The number of piperidine rings is 1. The third-order valence-electron chi connectivity index (χ3n) is 3.56. The number of carbonyl (C=O) groups excluding carboxylic acids is 1. The lowest BCUT2D eigenvalue weighted by Gasteiger charge is -2.32. The van der Waals surface area contributed by atoms with E-state index in [-0.39, 0.29) is 11.8 Å². The van der Waals surface area contributed by atoms with Gasteiger partial charge in [-0.3, -0.25) is 4.79 Å². The van der Waals surface area contributed by atoms with E-state index in [0.29, 0.717) is 24.8 Å². The maximum Gasteiger partial charge on any atom is 0.224 e. The van der Waals surface area contributed by atoms with Crippen LogP contribution in [0.2, 0.25) is 5.15 Å². The first-order valence-corrected chi connectivity index (χ1v) is 7.59. The van der Waals surface area contributed by atoms with Crippen LogP contribution in [0.15, 0.2) is 12.1 Å². The molecule has 0 aliphatic carbocycles. The zero-order chi connectivity index (χ0) is 15.1. The summed E-state index contributed by atoms with van der Waals surface area (Å²) in [6.45, 7) is 2.89. The van der Waals surface area contributed by atoms with Crippen molar-refractivity contribution < 1.29 is 9.53 Å². The molecule has 0 saturated carbocycles. The Morgan fingerprint density at radius 1 is 1.52 bits per heavy atom. The van der Waals surface area contributed by atoms with Gasteiger partial charge in [-0.25, -0.2) is 0 Å². The molecule has 0 spiro atoms. The Balaban J connectivity index is 1.85. The molecule has 2 heterocycles. The summed E-state index contributed by atoms with van der Waals surface area (Å²) in [5.41, 5.74) is 0. The van der Waals surface area contributed by atoms with E-state index in [9.17, 15) is 4.79 Å². The van der Waals surface area contributed by atoms with Crippen LogP contribution in [0.25, 0.3) is 0 Å². The predicted octanol–water partition coefficient (Wildman–Crippen LogP) is 1.50. The second kappa shape index (κ2) is 8.14. The van der Waals surface area contributed by atoms with Crippen LogP contribution in [0, 0.1) is 5.92 Å². The van der Waals surface area contributed by atoms with Gasteiger partial charge in [0.25, 0.3) is 0 Å². The number of halogens is 1. The quantitative estimate of drug-likeness (QED) is 0.806. The van der Waals surface area contributed by atoms with Crippen molar-refractivity contribution in [2.45, 2.75) is 19.3 Å². The molecule has 7 heteroatoms. The zero-order valence-corrected chi connectivity index (χ0v) is 13.0. The highest BCUT2D eigenvalue weighted by Gasteiger charge is 2.26. The fraction of sp³-hybridized carbons (Fsp3) is 0.643. The third-order valence-corrected chi connectivity index (χ3v) is 3.76. The summed E-state index contributed by atoms with van der Waals surface area (Å²) >= 11 is 5.75. The van der Waals surface area contributed by atoms with Crippen LogP contribution in [0.3, 0.4) is 0 Å². The highest BCUT2D eigenvalue weighted by molar-refractivity contribution is 6.29. The molecule has 0 unspecified atom stereocenters. The lowest BCUT2D eigenvalue weighted by Crippen LogP contribution is -2.43. The minimum atomic E-state index is -0.00114. The smallest absolute Gasteiger partial charge is 0.224 e. The molecule has 1 amide bonds. The van der Waals surface area contributed by atoms with E-state index in [1.54, 1.807) is 13.2 Å². The van der Waals surface area contributed by atoms with Crippen molar-refractivity contribution >= 4 is 23.3 Å². The first-order chi connectivity index (χ1) is 10.2. The number of carbonyl (C=O) groups is 1. The van der Waals surface area contributed by atoms with E-state index in [1.165, 1.54) is 0 Å². The molecule has 1 aliphatic heterocycles. The van der Waals surface area contributed by atoms with E-state index in [0.717, 1.165) is 31.6 Å². The van der Waals surface area contributed by atoms with E-state index >= 15 is 0 Å². The summed E-state index contributed by atoms with van der Waals surface area (Å²) in [6.07, 6.45) is 2.72. The molecule has 6 nitrogen and oxygen atoms in total. The molecule has 1 aromatic heterocycles. The van der Waals surface area contributed by atoms with Crippen LogP contribution >= 0.6 is 11.6 Å². The van der Waals surface area contributed by atoms with Crippen molar-refractivity contribution in [1.29, 1.82) is 0 Å². The monoisotopic (exact) mass is 312 g/mol. The SMILES string of the molecule is COCCCNC(=O)[C@@H]1CCCN(c2ccc(Cl)nn2)C1. The summed E-state index contributed by atoms with van der Waals surface area (Å²) in [5, 5.41) is 11.3. The van der Waals surface area contributed by atoms with E-state index < -0.39 is 0 Å². The first-order valence-electron chi connectivity index (χ1n) is 7.21. The van der Waals surface area contributed by atoms with E-state index in [1.807, 2.05) is 6.07 Å². The number of aromatic nitrogens is 2. The van der Waals surface area contributed by atoms with Gasteiger partial charge in [0.05, 0.1) is 5.92 Å². The molecule has 0 aromatic carbocycles. The number of anilines is 1. The molecule has 1 N–H and O–H groups in total. The fourth-order valence-corrected chi connectivity index (χ4v) is 2.55. The van der Waals surface area contributed by atoms with E-state index in [4.69, 9.17) is 16.3 Å². The molecule has 116 valence electrons. The second-order valence-corrected chi connectivity index (χ2v) is 5.52. The van der Waals surface area contributed by atoms with Gasteiger partial charge in [-0.1, -0.05) is 11.6 Å². The molecule has 1 fully saturated rings. The molecule has 0 radical (unpaired) electrons. The van der Waals surface area contributed by atoms with Crippen LogP contribution < -0.4 is 10.2 Å². The van der Waals surface area contributed by atoms with Gasteiger partial charge in [0.2, 0.25) is 5.91 Å². The van der Waals surface area contributed by atoms with Crippen molar-refractivity contribution in [2.75, 3.05) is 38.3 Å². The summed E-state index contributed by atoms with van der Waals surface area (Å²) in [4.78, 5) is 14.2. The number of methoxy groups -OCH3 is 1. The van der Waals surface area contributed by atoms with Crippen molar-refractivity contribution in [2.24, 2.45) is 5.92 Å². The van der Waals surface area contributed by atoms with Gasteiger partial charge in [0.15, 0.2) is 11.0 Å². The van der Waals surface area contributed by atoms with Crippen LogP contribution in [0.1, 0.15) is 19.3 Å². The van der Waals surface area contributed by atoms with Crippen molar-refractivity contribution in [3.63, 3.8) is 0 Å². The molecule has 1 aromatic rings. The highest BCUT2D eigenvalue weighted by atomic mass is 35.5. The molecule has 21 heavy (non-hydrogen) atoms. The Morgan fingerprint density at radius 3 is 3.10 bits per heavy atom. The normalized spacial score (nSPS) is 18.6. The van der Waals surface area contributed by atoms with Crippen molar-refractivity contribution in [3.8, 4) is 0 Å². The van der Waals surface area contributed by atoms with Crippen LogP contribution in [0.5, 0.6) is 0 Å². The van der Waals surface area contributed by atoms with Gasteiger partial charge in [0, 0.05) is 33.4 Å². The minimum absolute atomic E-state index is 0.00114. The van der Waals surface area contributed by atoms with Gasteiger partial charge in [-0.15, -0.1) is 10.2 Å². The van der Waals surface area contributed by atoms with Gasteiger partial charge >= 0.3 is 0 Å². The molecule has 1 saturated heterocycles. The third kappa shape index (κ3) is 4.82. The molecular formula is C14H21ClN4O2. The molecule has 1 aliphatic rings. The Bertz CT molecular complexity index is 455. The standard InChI is InChI=1S/C14H21ClN4O2/c1-21-9-3-7-16-14(20)11-4-2-8-19(10-11)13-6-5-12(15)17-18-13/h5-6,11H,2-4,7-10H2,1H3,(H,16,20)/t11-/m1/s1. The number of nitrogens with zero attached hydrogens (tertiary/aromatic N) is 3. The van der Waals surface area contributed by atoms with Crippen molar-refractivity contribution in [3.05, 3.63) is 17.3 Å². The second-order valence-electron chi connectivity index (χ2n) is 5.14. The maximum atomic E-state index is 12.2. The topological polar surface area (TPSA) is 67.3 Å². The van der Waals surface area contributed by atoms with Gasteiger partial charge in [-0.05, 0) is 31.4 Å². The molecule has 0 bridgehead atoms. The van der Waals surface area contributed by atoms with E-state index in [2.05, 4.69) is 20.4 Å². The molecular weight excluding hydrogens is 292 g/mol. The zero-order valence-electron chi connectivity index (χ0n) is 12.2. The average molecular weight is 313 g/mol. The number of hydrogen-bond donors (Lipinski definition) is 1. The van der Waals surface area contributed by atoms with Gasteiger partial charge < -0.3 is 15.0 Å². The minimum Gasteiger partial charge on any atom is -0.385 e. The highest BCUT2D eigenvalue weighted by Crippen LogP contribution is 2.21. The average Bonchev–Trinajstić information content (AvgIpc) is 2.52. The Kier molecular flexibility index (Phi) is 6.20. The number of ether oxygens (including phenoxy) is 1. The number of nitrogens with one attached hydrogen (secondary N) is 1.